The summed E-state index contributed by atoms with van der Waals surface area (Å²) in [5, 5.41) is 9.94. The summed E-state index contributed by atoms with van der Waals surface area (Å²) >= 11 is 6.24. The largest absolute Gasteiger partial charge is 0.370 e. The SMILES string of the molecule is CCCN(C(=O)NC(=N)N)c1c(C)cc(C)cc1Cl. The smallest absolute Gasteiger partial charge is 0.328 e. The van der Waals surface area contributed by atoms with Gasteiger partial charge in [-0.05, 0) is 37.5 Å². The predicted molar refractivity (Wildman–Crippen MR) is 79.0 cm³/mol. The van der Waals surface area contributed by atoms with Gasteiger partial charge in [0, 0.05) is 6.54 Å². The van der Waals surface area contributed by atoms with Gasteiger partial charge in [0.2, 0.25) is 0 Å². The van der Waals surface area contributed by atoms with Gasteiger partial charge in [0.05, 0.1) is 10.7 Å². The fraction of sp³-hybridized carbons (Fsp3) is 0.385. The summed E-state index contributed by atoms with van der Waals surface area (Å²) in [5.41, 5.74) is 7.81. The molecule has 1 aromatic carbocycles. The lowest BCUT2D eigenvalue weighted by atomic mass is 10.1. The molecule has 1 rings (SSSR count). The van der Waals surface area contributed by atoms with Crippen molar-refractivity contribution in [2.75, 3.05) is 11.4 Å². The third kappa shape index (κ3) is 3.86. The van der Waals surface area contributed by atoms with Gasteiger partial charge in [-0.3, -0.25) is 15.6 Å². The van der Waals surface area contributed by atoms with Crippen LogP contribution < -0.4 is 16.0 Å². The van der Waals surface area contributed by atoms with Crippen LogP contribution >= 0.6 is 11.6 Å². The molecule has 104 valence electrons. The normalized spacial score (nSPS) is 10.1. The molecule has 4 N–H and O–H groups in total. The lowest BCUT2D eigenvalue weighted by molar-refractivity contribution is 0.250. The Morgan fingerprint density at radius 1 is 1.47 bits per heavy atom. The Balaban J connectivity index is 3.19. The van der Waals surface area contributed by atoms with E-state index in [1.165, 1.54) is 4.90 Å². The summed E-state index contributed by atoms with van der Waals surface area (Å²) in [7, 11) is 0. The third-order valence-corrected chi connectivity index (χ3v) is 2.89. The van der Waals surface area contributed by atoms with Gasteiger partial charge in [0.15, 0.2) is 5.96 Å². The van der Waals surface area contributed by atoms with Gasteiger partial charge in [0.25, 0.3) is 0 Å². The van der Waals surface area contributed by atoms with Crippen LogP contribution in [0.2, 0.25) is 5.02 Å². The summed E-state index contributed by atoms with van der Waals surface area (Å²) in [6, 6.07) is 3.33. The number of nitrogens with two attached hydrogens (primary N) is 1. The summed E-state index contributed by atoms with van der Waals surface area (Å²) < 4.78 is 0. The highest BCUT2D eigenvalue weighted by atomic mass is 35.5. The number of hydrogen-bond donors (Lipinski definition) is 3. The molecule has 5 nitrogen and oxygen atoms in total. The van der Waals surface area contributed by atoms with Gasteiger partial charge in [-0.2, -0.15) is 0 Å². The third-order valence-electron chi connectivity index (χ3n) is 2.60. The molecule has 0 unspecified atom stereocenters. The number of urea groups is 1. The van der Waals surface area contributed by atoms with Crippen LogP contribution in [0.5, 0.6) is 0 Å². The highest BCUT2D eigenvalue weighted by molar-refractivity contribution is 6.34. The second-order valence-electron chi connectivity index (χ2n) is 4.41. The quantitative estimate of drug-likeness (QED) is 0.588. The first kappa shape index (κ1) is 15.3. The zero-order valence-electron chi connectivity index (χ0n) is 11.4. The average Bonchev–Trinajstić information content (AvgIpc) is 2.25. The average molecular weight is 283 g/mol. The van der Waals surface area contributed by atoms with Gasteiger partial charge in [0.1, 0.15) is 0 Å². The molecule has 0 heterocycles. The van der Waals surface area contributed by atoms with Crippen LogP contribution in [0.25, 0.3) is 0 Å². The van der Waals surface area contributed by atoms with E-state index in [0.717, 1.165) is 17.5 Å². The standard InChI is InChI=1S/C13H19ClN4O/c1-4-5-18(13(19)17-12(15)16)11-9(3)6-8(2)7-10(11)14/h6-7H,4-5H2,1-3H3,(H4,15,16,17,19). The van der Waals surface area contributed by atoms with E-state index in [-0.39, 0.29) is 5.96 Å². The lowest BCUT2D eigenvalue weighted by Gasteiger charge is -2.25. The molecule has 0 saturated carbocycles. The second-order valence-corrected chi connectivity index (χ2v) is 4.81. The van der Waals surface area contributed by atoms with E-state index < -0.39 is 6.03 Å². The molecule has 1 aromatic rings. The van der Waals surface area contributed by atoms with Crippen molar-refractivity contribution in [3.05, 3.63) is 28.3 Å². The Labute approximate surface area is 118 Å². The van der Waals surface area contributed by atoms with Crippen molar-refractivity contribution in [1.29, 1.82) is 5.41 Å². The molecule has 19 heavy (non-hydrogen) atoms. The van der Waals surface area contributed by atoms with Crippen molar-refractivity contribution in [2.45, 2.75) is 27.2 Å². The van der Waals surface area contributed by atoms with Gasteiger partial charge in [-0.1, -0.05) is 24.6 Å². The number of aryl methyl sites for hydroxylation is 2. The first-order valence-corrected chi connectivity index (χ1v) is 6.43. The van der Waals surface area contributed by atoms with Crippen LogP contribution in [0.1, 0.15) is 24.5 Å². The summed E-state index contributed by atoms with van der Waals surface area (Å²) in [5.74, 6) is -0.382. The highest BCUT2D eigenvalue weighted by Crippen LogP contribution is 2.31. The van der Waals surface area contributed by atoms with Crippen molar-refractivity contribution < 1.29 is 4.79 Å². The molecule has 0 aromatic heterocycles. The van der Waals surface area contributed by atoms with Gasteiger partial charge < -0.3 is 5.73 Å². The van der Waals surface area contributed by atoms with Crippen molar-refractivity contribution in [2.24, 2.45) is 5.73 Å². The minimum atomic E-state index is -0.441. The maximum Gasteiger partial charge on any atom is 0.328 e. The predicted octanol–water partition coefficient (Wildman–Crippen LogP) is 2.78. The number of halogens is 1. The number of anilines is 1. The lowest BCUT2D eigenvalue weighted by Crippen LogP contribution is -2.46. The van der Waals surface area contributed by atoms with Crippen LogP contribution in [0.3, 0.4) is 0 Å². The number of guanidine groups is 1. The maximum absolute atomic E-state index is 12.1. The number of benzene rings is 1. The zero-order valence-corrected chi connectivity index (χ0v) is 12.1. The molecule has 0 spiro atoms. The van der Waals surface area contributed by atoms with Crippen molar-refractivity contribution in [1.82, 2.24) is 5.32 Å². The minimum absolute atomic E-state index is 0.382. The van der Waals surface area contributed by atoms with Crippen molar-refractivity contribution in [3.8, 4) is 0 Å². The fourth-order valence-electron chi connectivity index (χ4n) is 1.97. The number of carbonyl (C=O) groups is 1. The Kier molecular flexibility index (Phi) is 5.18. The van der Waals surface area contributed by atoms with Crippen LogP contribution in [0.4, 0.5) is 10.5 Å². The van der Waals surface area contributed by atoms with E-state index in [4.69, 9.17) is 22.7 Å². The molecular weight excluding hydrogens is 264 g/mol. The number of nitrogens with zero attached hydrogens (tertiary/aromatic N) is 1. The molecule has 0 saturated heterocycles. The maximum atomic E-state index is 12.1. The van der Waals surface area contributed by atoms with E-state index in [9.17, 15) is 4.79 Å². The number of amides is 2. The van der Waals surface area contributed by atoms with E-state index in [1.807, 2.05) is 32.9 Å². The van der Waals surface area contributed by atoms with E-state index >= 15 is 0 Å². The number of carbonyl (C=O) groups excluding carboxylic acids is 1. The van der Waals surface area contributed by atoms with E-state index in [0.29, 0.717) is 17.3 Å². The Bertz CT molecular complexity index is 478. The van der Waals surface area contributed by atoms with Crippen molar-refractivity contribution >= 4 is 29.3 Å². The van der Waals surface area contributed by atoms with E-state index in [1.54, 1.807) is 0 Å². The van der Waals surface area contributed by atoms with Crippen molar-refractivity contribution in [3.63, 3.8) is 0 Å². The topological polar surface area (TPSA) is 82.2 Å². The number of nitrogens with one attached hydrogen (secondary N) is 2. The monoisotopic (exact) mass is 282 g/mol. The first-order valence-electron chi connectivity index (χ1n) is 6.06. The van der Waals surface area contributed by atoms with E-state index in [2.05, 4.69) is 5.32 Å². The highest BCUT2D eigenvalue weighted by Gasteiger charge is 2.20. The molecule has 0 fully saturated rings. The van der Waals surface area contributed by atoms with Gasteiger partial charge in [-0.25, -0.2) is 4.79 Å². The number of hydrogen-bond acceptors (Lipinski definition) is 2. The molecule has 6 heteroatoms. The fourth-order valence-corrected chi connectivity index (χ4v) is 2.39. The first-order chi connectivity index (χ1) is 8.86. The molecular formula is C13H19ClN4O. The van der Waals surface area contributed by atoms with Gasteiger partial charge in [-0.15, -0.1) is 0 Å². The Morgan fingerprint density at radius 3 is 2.58 bits per heavy atom. The molecule has 0 radical (unpaired) electrons. The molecule has 0 aliphatic carbocycles. The Morgan fingerprint density at radius 2 is 2.11 bits per heavy atom. The minimum Gasteiger partial charge on any atom is -0.370 e. The summed E-state index contributed by atoms with van der Waals surface area (Å²) in [6.45, 7) is 6.31. The number of rotatable bonds is 3. The summed E-state index contributed by atoms with van der Waals surface area (Å²) in [6.07, 6.45) is 0.773. The van der Waals surface area contributed by atoms with Crippen LogP contribution in [-0.2, 0) is 0 Å². The molecule has 0 aliphatic rings. The van der Waals surface area contributed by atoms with Crippen LogP contribution in [0.15, 0.2) is 12.1 Å². The molecule has 0 aliphatic heterocycles. The molecule has 0 bridgehead atoms. The molecule has 0 atom stereocenters. The summed E-state index contributed by atoms with van der Waals surface area (Å²) in [4.78, 5) is 13.6. The zero-order chi connectivity index (χ0) is 14.6. The Hall–Kier alpha value is -1.75. The second kappa shape index (κ2) is 6.43. The van der Waals surface area contributed by atoms with Crippen LogP contribution in [0, 0.1) is 19.3 Å². The van der Waals surface area contributed by atoms with Gasteiger partial charge >= 0.3 is 6.03 Å². The molecule has 2 amide bonds. The van der Waals surface area contributed by atoms with Crippen LogP contribution in [-0.4, -0.2) is 18.5 Å².